The molecule has 0 radical (unpaired) electrons. The van der Waals surface area contributed by atoms with E-state index in [9.17, 15) is 0 Å². The molecule has 2 amide bonds. The van der Waals surface area contributed by atoms with E-state index < -0.39 is 0 Å². The summed E-state index contributed by atoms with van der Waals surface area (Å²) in [6.07, 6.45) is 52.5. The Hall–Kier alpha value is -2.82. The molecule has 9 heteroatoms. The van der Waals surface area contributed by atoms with Gasteiger partial charge in [-0.25, -0.2) is 0 Å². The molecule has 6 heterocycles. The van der Waals surface area contributed by atoms with Crippen LogP contribution in [0.2, 0.25) is 0 Å². The van der Waals surface area contributed by atoms with Gasteiger partial charge in [-0.05, 0) is 84.6 Å². The molecule has 2 unspecified atom stereocenters. The lowest BCUT2D eigenvalue weighted by Crippen LogP contribution is -2.34. The minimum Gasteiger partial charge on any atom is -0.307 e. The summed E-state index contributed by atoms with van der Waals surface area (Å²) in [5, 5.41) is 4.38. The van der Waals surface area contributed by atoms with Crippen LogP contribution in [0, 0.1) is 18.8 Å². The molecule has 0 spiro atoms. The molecule has 462 valence electrons. The van der Waals surface area contributed by atoms with Crippen LogP contribution in [0.4, 0.5) is 11.4 Å². The first-order valence-electron chi connectivity index (χ1n) is 34.9. The fraction of sp³-hybridized carbons (Fsp3) is 0.653. The van der Waals surface area contributed by atoms with Crippen molar-refractivity contribution in [3.63, 3.8) is 0 Å². The third kappa shape index (κ3) is 19.1. The second kappa shape index (κ2) is 36.6. The number of halogens is 1. The number of aryl methyl sites for hydroxylation is 1. The van der Waals surface area contributed by atoms with Gasteiger partial charge in [-0.1, -0.05) is 283 Å². The number of benzene rings is 2. The number of thiophene rings is 4. The summed E-state index contributed by atoms with van der Waals surface area (Å²) < 4.78 is 6.14. The lowest BCUT2D eigenvalue weighted by atomic mass is 9.92. The van der Waals surface area contributed by atoms with Crippen LogP contribution < -0.4 is 20.2 Å². The fourth-order valence-electron chi connectivity index (χ4n) is 14.0. The first kappa shape index (κ1) is 67.1. The molecule has 8 rings (SSSR count). The third-order valence-electron chi connectivity index (χ3n) is 18.9. The van der Waals surface area contributed by atoms with Crippen molar-refractivity contribution in [2.75, 3.05) is 22.9 Å². The van der Waals surface area contributed by atoms with Gasteiger partial charge in [0.15, 0.2) is 0 Å². The van der Waals surface area contributed by atoms with Crippen LogP contribution in [-0.4, -0.2) is 24.9 Å². The summed E-state index contributed by atoms with van der Waals surface area (Å²) in [7, 11) is 0. The second-order valence-electron chi connectivity index (χ2n) is 25.9. The number of anilines is 2. The lowest BCUT2D eigenvalue weighted by Gasteiger charge is -2.28. The van der Waals surface area contributed by atoms with Crippen LogP contribution in [0.3, 0.4) is 0 Å². The van der Waals surface area contributed by atoms with Gasteiger partial charge in [0, 0.05) is 67.7 Å². The zero-order valence-electron chi connectivity index (χ0n) is 53.2. The molecule has 0 bridgehead atoms. The third-order valence-corrected chi connectivity index (χ3v) is 23.9. The molecule has 0 saturated carbocycles. The number of rotatable bonds is 46. The highest BCUT2D eigenvalue weighted by Crippen LogP contribution is 2.44. The van der Waals surface area contributed by atoms with Gasteiger partial charge in [-0.3, -0.25) is 9.59 Å². The van der Waals surface area contributed by atoms with Gasteiger partial charge in [-0.15, -0.1) is 45.3 Å². The number of fused-ring (bicyclic) bond motifs is 7. The normalized spacial score (nSPS) is 14.3. The molecule has 2 atom stereocenters. The quantitative estimate of drug-likeness (QED) is 0.0357. The highest BCUT2D eigenvalue weighted by molar-refractivity contribution is 9.11. The van der Waals surface area contributed by atoms with Crippen LogP contribution in [-0.2, 0) is 9.59 Å². The molecule has 2 aliphatic heterocycles. The van der Waals surface area contributed by atoms with E-state index in [0.717, 1.165) is 70.4 Å². The largest absolute Gasteiger partial charge is 0.307 e. The number of hydrogen-bond acceptors (Lipinski definition) is 6. The van der Waals surface area contributed by atoms with Crippen molar-refractivity contribution >= 4 is 125 Å². The topological polar surface area (TPSA) is 40.6 Å². The van der Waals surface area contributed by atoms with Crippen LogP contribution in [0.5, 0.6) is 0 Å². The predicted octanol–water partition coefficient (Wildman–Crippen LogP) is 24.5. The van der Waals surface area contributed by atoms with E-state index in [2.05, 4.69) is 109 Å². The van der Waals surface area contributed by atoms with Crippen molar-refractivity contribution in [1.29, 1.82) is 0 Å². The van der Waals surface area contributed by atoms with Crippen molar-refractivity contribution < 1.29 is 9.59 Å². The van der Waals surface area contributed by atoms with Gasteiger partial charge in [0.25, 0.3) is 11.8 Å². The van der Waals surface area contributed by atoms with Crippen molar-refractivity contribution in [3.8, 4) is 0 Å². The van der Waals surface area contributed by atoms with E-state index in [1.54, 1.807) is 34.0 Å². The zero-order chi connectivity index (χ0) is 58.9. The molecule has 0 aliphatic carbocycles. The lowest BCUT2D eigenvalue weighted by molar-refractivity contribution is -0.114. The molecular weight excluding hydrogens is 1170 g/mol. The van der Waals surface area contributed by atoms with Crippen LogP contribution in [0.25, 0.3) is 40.7 Å². The minimum atomic E-state index is 0.158. The average Bonchev–Trinajstić information content (AvgIpc) is 1.86. The summed E-state index contributed by atoms with van der Waals surface area (Å²) in [6, 6.07) is 18.3. The van der Waals surface area contributed by atoms with Crippen molar-refractivity contribution in [3.05, 3.63) is 77.4 Å². The summed E-state index contributed by atoms with van der Waals surface area (Å²) in [5.74, 6) is 1.19. The predicted molar refractivity (Wildman–Crippen MR) is 379 cm³/mol. The van der Waals surface area contributed by atoms with Gasteiger partial charge >= 0.3 is 0 Å². The number of hydrogen-bond donors (Lipinski definition) is 0. The monoisotopic (exact) mass is 1280 g/mol. The van der Waals surface area contributed by atoms with Crippen molar-refractivity contribution in [2.45, 2.75) is 291 Å². The van der Waals surface area contributed by atoms with Crippen LogP contribution in [0.15, 0.2) is 52.3 Å². The van der Waals surface area contributed by atoms with E-state index in [1.165, 1.54) is 281 Å². The Morgan fingerprint density at radius 2 is 0.667 bits per heavy atom. The summed E-state index contributed by atoms with van der Waals surface area (Å²) >= 11 is 10.9. The maximum Gasteiger partial charge on any atom is 0.260 e. The summed E-state index contributed by atoms with van der Waals surface area (Å²) in [6.45, 7) is 12.9. The molecule has 0 saturated heterocycles. The van der Waals surface area contributed by atoms with Gasteiger partial charge in [0.05, 0.1) is 26.3 Å². The molecule has 0 N–H and O–H groups in total. The average molecular weight is 1280 g/mol. The Kier molecular flexibility index (Phi) is 29.3. The Morgan fingerprint density at radius 1 is 0.369 bits per heavy atom. The highest BCUT2D eigenvalue weighted by atomic mass is 79.9. The Balaban J connectivity index is 1.13. The van der Waals surface area contributed by atoms with E-state index in [0.29, 0.717) is 11.8 Å². The maximum atomic E-state index is 15.7. The molecule has 6 aromatic rings. The Labute approximate surface area is 534 Å². The molecule has 2 aliphatic rings. The van der Waals surface area contributed by atoms with E-state index >= 15 is 9.59 Å². The van der Waals surface area contributed by atoms with Gasteiger partial charge in [0.1, 0.15) is 0 Å². The highest BCUT2D eigenvalue weighted by Gasteiger charge is 2.38. The smallest absolute Gasteiger partial charge is 0.260 e. The maximum absolute atomic E-state index is 15.7. The molecule has 0 fully saturated rings. The number of nitrogens with zero attached hydrogens (tertiary/aromatic N) is 2. The van der Waals surface area contributed by atoms with Gasteiger partial charge < -0.3 is 9.80 Å². The number of carbonyl (C=O) groups excluding carboxylic acids is 2. The van der Waals surface area contributed by atoms with Crippen LogP contribution >= 0.6 is 61.3 Å². The van der Waals surface area contributed by atoms with E-state index in [4.69, 9.17) is 0 Å². The minimum absolute atomic E-state index is 0.158. The van der Waals surface area contributed by atoms with Crippen LogP contribution in [0.1, 0.15) is 299 Å². The SMILES string of the molecule is CCCCCCCCCCCCC(CCCCCCCCCC)CN1C(=O)C(c2cc3sc(C)cc3s2)=c2ccc3c4c(ccc3c21)=C(c1cc2sc(Br)cc2s1)C(=O)N4CC(CCCCCCCCCC)CCCCCCCCCCCC. The van der Waals surface area contributed by atoms with E-state index in [-0.39, 0.29) is 11.8 Å². The van der Waals surface area contributed by atoms with Gasteiger partial charge in [0.2, 0.25) is 0 Å². The number of amides is 2. The van der Waals surface area contributed by atoms with Crippen molar-refractivity contribution in [2.24, 2.45) is 11.8 Å². The Bertz CT molecular complexity index is 2800. The first-order valence-corrected chi connectivity index (χ1v) is 39.0. The summed E-state index contributed by atoms with van der Waals surface area (Å²) in [4.78, 5) is 39.5. The molecule has 4 nitrogen and oxygen atoms in total. The van der Waals surface area contributed by atoms with Gasteiger partial charge in [-0.2, -0.15) is 0 Å². The zero-order valence-corrected chi connectivity index (χ0v) is 58.0. The molecule has 84 heavy (non-hydrogen) atoms. The standard InChI is InChI=1S/C75H109BrN2O2S4/c1-6-10-14-18-22-26-28-32-36-40-44-57(42-38-34-30-24-20-16-12-8-3)54-77-72-59-47-49-62-71(68-52-65-66(83-68)53-69(76)84-65)75(80)78(73(62)60(59)46-48-61(72)70(74(77)79)67-51-64-63(82-67)50-56(5)81-64)55-58(43-39-35-31-25-21-17-13-9-4)45-41-37-33-29-27-23-19-15-11-7-2/h46-53,57-58H,6-45,54-55H2,1-5H3. The summed E-state index contributed by atoms with van der Waals surface area (Å²) in [5.41, 5.74) is 3.88. The molecular formula is C75H109BrN2O2S4. The van der Waals surface area contributed by atoms with E-state index in [1.807, 2.05) is 11.3 Å². The molecule has 4 aromatic heterocycles. The first-order chi connectivity index (χ1) is 41.2. The van der Waals surface area contributed by atoms with Crippen molar-refractivity contribution in [1.82, 2.24) is 0 Å². The number of carbonyl (C=O) groups is 2. The fourth-order valence-corrected chi connectivity index (χ4v) is 19.5. The Morgan fingerprint density at radius 3 is 0.988 bits per heavy atom. The molecule has 2 aromatic carbocycles. The number of unbranched alkanes of at least 4 members (excludes halogenated alkanes) is 32. The second-order valence-corrected chi connectivity index (χ2v) is 31.8.